The highest BCUT2D eigenvalue weighted by Gasteiger charge is 2.74. The molecule has 0 N–H and O–H groups in total. The fraction of sp³-hybridized carbons (Fsp3) is 0.424. The Morgan fingerprint density at radius 3 is 1.62 bits per heavy atom. The molecule has 0 amide bonds. The number of hydrogen-bond donors (Lipinski definition) is 0. The van der Waals surface area contributed by atoms with Crippen molar-refractivity contribution < 1.29 is 33.2 Å². The van der Waals surface area contributed by atoms with Gasteiger partial charge in [-0.15, -0.1) is 0 Å². The van der Waals surface area contributed by atoms with Gasteiger partial charge in [-0.2, -0.15) is 0 Å². The summed E-state index contributed by atoms with van der Waals surface area (Å²) in [6.45, 7) is 8.39. The van der Waals surface area contributed by atoms with Crippen LogP contribution in [0.25, 0.3) is 0 Å². The number of epoxide rings is 1. The third-order valence-corrected chi connectivity index (χ3v) is 6.93. The summed E-state index contributed by atoms with van der Waals surface area (Å²) >= 11 is 0. The van der Waals surface area contributed by atoms with Gasteiger partial charge in [-0.1, -0.05) is 91.0 Å². The topological polar surface area (TPSA) is 75.8 Å². The number of rotatable bonds is 10. The molecule has 2 aliphatic heterocycles. The van der Waals surface area contributed by atoms with Crippen molar-refractivity contribution in [1.29, 1.82) is 0 Å². The van der Waals surface area contributed by atoms with Gasteiger partial charge in [-0.05, 0) is 44.4 Å². The van der Waals surface area contributed by atoms with E-state index >= 15 is 0 Å². The molecule has 0 unspecified atom stereocenters. The smallest absolute Gasteiger partial charge is 0.341 e. The Kier molecular flexibility index (Phi) is 8.68. The highest BCUT2D eigenvalue weighted by Crippen LogP contribution is 2.50. The summed E-state index contributed by atoms with van der Waals surface area (Å²) in [4.78, 5) is 13.1. The van der Waals surface area contributed by atoms with Crippen LogP contribution in [0.15, 0.2) is 91.0 Å². The minimum Gasteiger partial charge on any atom is -0.458 e. The first-order valence-electron chi connectivity index (χ1n) is 13.8. The zero-order chi connectivity index (χ0) is 28.2. The quantitative estimate of drug-likeness (QED) is 0.242. The molecule has 0 bridgehead atoms. The summed E-state index contributed by atoms with van der Waals surface area (Å²) in [7, 11) is 0. The summed E-state index contributed by atoms with van der Waals surface area (Å²) in [5.74, 6) is -1.83. The minimum absolute atomic E-state index is 0.284. The predicted molar refractivity (Wildman–Crippen MR) is 149 cm³/mol. The first-order chi connectivity index (χ1) is 19.2. The standard InChI is InChI=1S/C33H38O7/c1-23-27(35-20-24-14-8-5-9-15-24)28(36-21-25-16-10-6-11-17-25)29(37-22-26-18-12-7-13-19-26)33(38-23)30(39-33)31(34)40-32(2,3)4/h5-19,23,27-30H,20-22H2,1-4H3/t23-,27-,28+,29+,30+,33-/m0/s1. The molecule has 2 fully saturated rings. The van der Waals surface area contributed by atoms with Gasteiger partial charge in [-0.25, -0.2) is 4.79 Å². The Labute approximate surface area is 236 Å². The van der Waals surface area contributed by atoms with E-state index in [4.69, 9.17) is 28.4 Å². The fourth-order valence-electron chi connectivity index (χ4n) is 5.03. The Hall–Kier alpha value is -3.07. The van der Waals surface area contributed by atoms with Crippen LogP contribution >= 0.6 is 0 Å². The summed E-state index contributed by atoms with van der Waals surface area (Å²) in [6, 6.07) is 29.7. The van der Waals surface area contributed by atoms with Crippen molar-refractivity contribution in [2.45, 2.75) is 89.4 Å². The molecule has 0 saturated carbocycles. The third-order valence-electron chi connectivity index (χ3n) is 6.93. The summed E-state index contributed by atoms with van der Waals surface area (Å²) in [5.41, 5.74) is 2.36. The fourth-order valence-corrected chi connectivity index (χ4v) is 5.03. The number of esters is 1. The van der Waals surface area contributed by atoms with Crippen LogP contribution in [0.3, 0.4) is 0 Å². The highest BCUT2D eigenvalue weighted by molar-refractivity contribution is 5.79. The van der Waals surface area contributed by atoms with E-state index in [1.807, 2.05) is 119 Å². The highest BCUT2D eigenvalue weighted by atomic mass is 16.8. The van der Waals surface area contributed by atoms with Crippen LogP contribution < -0.4 is 0 Å². The van der Waals surface area contributed by atoms with Crippen molar-refractivity contribution in [2.75, 3.05) is 0 Å². The molecule has 1 spiro atoms. The van der Waals surface area contributed by atoms with Crippen molar-refractivity contribution in [3.05, 3.63) is 108 Å². The second-order valence-corrected chi connectivity index (χ2v) is 11.3. The van der Waals surface area contributed by atoms with Gasteiger partial charge in [0.05, 0.1) is 25.9 Å². The Morgan fingerprint density at radius 2 is 1.15 bits per heavy atom. The number of benzene rings is 3. The Bertz CT molecular complexity index is 1230. The van der Waals surface area contributed by atoms with Gasteiger partial charge in [0.2, 0.25) is 11.9 Å². The number of carbonyl (C=O) groups is 1. The normalized spacial score (nSPS) is 27.9. The molecule has 7 nitrogen and oxygen atoms in total. The van der Waals surface area contributed by atoms with Crippen LogP contribution in [-0.4, -0.2) is 47.9 Å². The summed E-state index contributed by atoms with van der Waals surface area (Å²) in [6.07, 6.45) is -3.23. The number of ether oxygens (including phenoxy) is 6. The molecular formula is C33H38O7. The molecule has 7 heteroatoms. The summed E-state index contributed by atoms with van der Waals surface area (Å²) < 4.78 is 37.8. The van der Waals surface area contributed by atoms with Crippen molar-refractivity contribution in [1.82, 2.24) is 0 Å². The van der Waals surface area contributed by atoms with Gasteiger partial charge in [0.1, 0.15) is 23.9 Å². The molecule has 0 radical (unpaired) electrons. The lowest BCUT2D eigenvalue weighted by Crippen LogP contribution is -2.62. The molecule has 2 saturated heterocycles. The van der Waals surface area contributed by atoms with Gasteiger partial charge in [0.15, 0.2) is 0 Å². The Balaban J connectivity index is 1.44. The average Bonchev–Trinajstić information content (AvgIpc) is 3.66. The van der Waals surface area contributed by atoms with E-state index < -0.39 is 47.9 Å². The van der Waals surface area contributed by atoms with Crippen molar-refractivity contribution in [2.24, 2.45) is 0 Å². The van der Waals surface area contributed by atoms with Gasteiger partial charge in [-0.3, -0.25) is 0 Å². The van der Waals surface area contributed by atoms with E-state index in [1.54, 1.807) is 0 Å². The largest absolute Gasteiger partial charge is 0.458 e. The SMILES string of the molecule is C[C@@H]1O[C@]2(O[C@@H]2C(=O)OC(C)(C)C)[C@H](OCc2ccccc2)[C@H](OCc2ccccc2)[C@H]1OCc1ccccc1. The van der Waals surface area contributed by atoms with E-state index in [-0.39, 0.29) is 6.61 Å². The van der Waals surface area contributed by atoms with Gasteiger partial charge in [0.25, 0.3) is 0 Å². The summed E-state index contributed by atoms with van der Waals surface area (Å²) in [5, 5.41) is 0. The van der Waals surface area contributed by atoms with E-state index in [0.717, 1.165) is 16.7 Å². The molecule has 3 aromatic rings. The lowest BCUT2D eigenvalue weighted by atomic mass is 9.92. The zero-order valence-corrected chi connectivity index (χ0v) is 23.5. The van der Waals surface area contributed by atoms with Crippen LogP contribution in [0, 0.1) is 0 Å². The maximum Gasteiger partial charge on any atom is 0.341 e. The molecule has 6 atom stereocenters. The number of carbonyl (C=O) groups excluding carboxylic acids is 1. The van der Waals surface area contributed by atoms with Gasteiger partial charge < -0.3 is 28.4 Å². The van der Waals surface area contributed by atoms with E-state index in [9.17, 15) is 4.79 Å². The van der Waals surface area contributed by atoms with E-state index in [0.29, 0.717) is 13.2 Å². The predicted octanol–water partition coefficient (Wildman–Crippen LogP) is 5.60. The lowest BCUT2D eigenvalue weighted by molar-refractivity contribution is -0.294. The Morgan fingerprint density at radius 1 is 0.700 bits per heavy atom. The maximum absolute atomic E-state index is 13.1. The van der Waals surface area contributed by atoms with Crippen molar-refractivity contribution in [3.8, 4) is 0 Å². The lowest BCUT2D eigenvalue weighted by Gasteiger charge is -2.44. The molecule has 3 aromatic carbocycles. The molecule has 40 heavy (non-hydrogen) atoms. The van der Waals surface area contributed by atoms with Crippen LogP contribution in [0.2, 0.25) is 0 Å². The van der Waals surface area contributed by atoms with E-state index in [2.05, 4.69) is 0 Å². The van der Waals surface area contributed by atoms with Crippen LogP contribution in [0.4, 0.5) is 0 Å². The van der Waals surface area contributed by atoms with Crippen molar-refractivity contribution in [3.63, 3.8) is 0 Å². The molecule has 212 valence electrons. The van der Waals surface area contributed by atoms with Crippen molar-refractivity contribution >= 4 is 5.97 Å². The van der Waals surface area contributed by atoms with Crippen LogP contribution in [0.1, 0.15) is 44.4 Å². The van der Waals surface area contributed by atoms with Crippen LogP contribution in [-0.2, 0) is 53.0 Å². The van der Waals surface area contributed by atoms with E-state index in [1.165, 1.54) is 0 Å². The molecule has 5 rings (SSSR count). The maximum atomic E-state index is 13.1. The average molecular weight is 547 g/mol. The molecule has 0 aliphatic carbocycles. The first-order valence-corrected chi connectivity index (χ1v) is 13.8. The molecule has 0 aromatic heterocycles. The second-order valence-electron chi connectivity index (χ2n) is 11.3. The molecular weight excluding hydrogens is 508 g/mol. The number of hydrogen-bond acceptors (Lipinski definition) is 7. The molecule has 2 aliphatic rings. The second kappa shape index (κ2) is 12.2. The van der Waals surface area contributed by atoms with Gasteiger partial charge in [0, 0.05) is 0 Å². The minimum atomic E-state index is -1.34. The third kappa shape index (κ3) is 6.79. The van der Waals surface area contributed by atoms with Gasteiger partial charge >= 0.3 is 5.97 Å². The molecule has 2 heterocycles. The zero-order valence-electron chi connectivity index (χ0n) is 23.5. The first kappa shape index (κ1) is 28.5. The van der Waals surface area contributed by atoms with Crippen LogP contribution in [0.5, 0.6) is 0 Å². The monoisotopic (exact) mass is 546 g/mol.